The van der Waals surface area contributed by atoms with Crippen molar-refractivity contribution in [3.63, 3.8) is 0 Å². The van der Waals surface area contributed by atoms with Gasteiger partial charge in [0.1, 0.15) is 17.7 Å². The second-order valence-electron chi connectivity index (χ2n) is 6.28. The van der Waals surface area contributed by atoms with Crippen molar-refractivity contribution in [3.05, 3.63) is 54.2 Å². The normalized spacial score (nSPS) is 15.3. The van der Waals surface area contributed by atoms with Crippen molar-refractivity contribution in [2.75, 3.05) is 32.0 Å². The summed E-state index contributed by atoms with van der Waals surface area (Å²) in [5, 5.41) is 10.0. The van der Waals surface area contributed by atoms with Gasteiger partial charge in [0, 0.05) is 32.8 Å². The smallest absolute Gasteiger partial charge is 0.191 e. The minimum atomic E-state index is 0. The number of anilines is 1. The van der Waals surface area contributed by atoms with Crippen molar-refractivity contribution in [1.82, 2.24) is 15.6 Å². The van der Waals surface area contributed by atoms with Crippen molar-refractivity contribution in [2.45, 2.75) is 25.4 Å². The van der Waals surface area contributed by atoms with Crippen molar-refractivity contribution in [2.24, 2.45) is 4.99 Å². The number of aliphatic imine (C=N–C) groups is 1. The Kier molecular flexibility index (Phi) is 9.17. The Morgan fingerprint density at radius 2 is 1.93 bits per heavy atom. The molecular weight excluding hydrogens is 453 g/mol. The molecule has 0 bridgehead atoms. The van der Waals surface area contributed by atoms with E-state index in [4.69, 9.17) is 4.74 Å². The zero-order chi connectivity index (χ0) is 18.0. The lowest BCUT2D eigenvalue weighted by molar-refractivity contribution is 0.235. The molecule has 1 aromatic heterocycles. The van der Waals surface area contributed by atoms with Gasteiger partial charge in [0.25, 0.3) is 0 Å². The molecule has 0 aliphatic carbocycles. The SMILES string of the molecule is CN=C(NCCCCNc1ccccn1)NCC1Cc2ccccc2O1.I. The Hall–Kier alpha value is -2.03. The number of ether oxygens (including phenoxy) is 1. The quantitative estimate of drug-likeness (QED) is 0.234. The maximum Gasteiger partial charge on any atom is 0.191 e. The molecule has 0 saturated carbocycles. The maximum atomic E-state index is 5.94. The largest absolute Gasteiger partial charge is 0.488 e. The Morgan fingerprint density at radius 3 is 2.70 bits per heavy atom. The maximum absolute atomic E-state index is 5.94. The van der Waals surface area contributed by atoms with Crippen LogP contribution in [0, 0.1) is 0 Å². The van der Waals surface area contributed by atoms with Gasteiger partial charge in [-0.15, -0.1) is 24.0 Å². The van der Waals surface area contributed by atoms with Gasteiger partial charge in [-0.25, -0.2) is 4.98 Å². The van der Waals surface area contributed by atoms with E-state index in [2.05, 4.69) is 38.1 Å². The molecule has 1 unspecified atom stereocenters. The van der Waals surface area contributed by atoms with E-state index >= 15 is 0 Å². The number of pyridine rings is 1. The number of nitrogens with zero attached hydrogens (tertiary/aromatic N) is 2. The number of para-hydroxylation sites is 1. The summed E-state index contributed by atoms with van der Waals surface area (Å²) >= 11 is 0. The molecular formula is C20H28IN5O. The van der Waals surface area contributed by atoms with Crippen LogP contribution in [-0.2, 0) is 6.42 Å². The molecule has 6 nitrogen and oxygen atoms in total. The molecule has 0 spiro atoms. The first-order valence-electron chi connectivity index (χ1n) is 9.19. The number of rotatable bonds is 8. The first kappa shape index (κ1) is 21.3. The minimum Gasteiger partial charge on any atom is -0.488 e. The molecule has 2 heterocycles. The lowest BCUT2D eigenvalue weighted by Crippen LogP contribution is -2.42. The second-order valence-corrected chi connectivity index (χ2v) is 6.28. The zero-order valence-corrected chi connectivity index (χ0v) is 18.0. The molecule has 3 rings (SSSR count). The van der Waals surface area contributed by atoms with Crippen molar-refractivity contribution < 1.29 is 4.74 Å². The highest BCUT2D eigenvalue weighted by Crippen LogP contribution is 2.27. The summed E-state index contributed by atoms with van der Waals surface area (Å²) in [6, 6.07) is 14.1. The third-order valence-electron chi connectivity index (χ3n) is 4.30. The molecule has 146 valence electrons. The number of hydrogen-bond donors (Lipinski definition) is 3. The first-order chi connectivity index (χ1) is 12.8. The number of fused-ring (bicyclic) bond motifs is 1. The van der Waals surface area contributed by atoms with Crippen LogP contribution in [0.2, 0.25) is 0 Å². The number of hydrogen-bond acceptors (Lipinski definition) is 4. The second kappa shape index (κ2) is 11.6. The molecule has 0 radical (unpaired) electrons. The Bertz CT molecular complexity index is 686. The highest BCUT2D eigenvalue weighted by atomic mass is 127. The van der Waals surface area contributed by atoms with Gasteiger partial charge in [-0.3, -0.25) is 4.99 Å². The minimum absolute atomic E-state index is 0. The predicted molar refractivity (Wildman–Crippen MR) is 121 cm³/mol. The van der Waals surface area contributed by atoms with E-state index in [1.165, 1.54) is 5.56 Å². The average molecular weight is 481 g/mol. The van der Waals surface area contributed by atoms with E-state index in [-0.39, 0.29) is 30.1 Å². The van der Waals surface area contributed by atoms with Gasteiger partial charge in [0.05, 0.1) is 6.54 Å². The van der Waals surface area contributed by atoms with Crippen LogP contribution in [0.1, 0.15) is 18.4 Å². The van der Waals surface area contributed by atoms with Gasteiger partial charge in [-0.1, -0.05) is 24.3 Å². The molecule has 0 amide bonds. The van der Waals surface area contributed by atoms with Crippen LogP contribution in [0.3, 0.4) is 0 Å². The number of aromatic nitrogens is 1. The Labute approximate surface area is 178 Å². The van der Waals surface area contributed by atoms with Gasteiger partial charge >= 0.3 is 0 Å². The highest BCUT2D eigenvalue weighted by molar-refractivity contribution is 14.0. The van der Waals surface area contributed by atoms with E-state index in [1.54, 1.807) is 13.2 Å². The van der Waals surface area contributed by atoms with Crippen LogP contribution < -0.4 is 20.7 Å². The molecule has 2 aromatic rings. The predicted octanol–water partition coefficient (Wildman–Crippen LogP) is 3.06. The lowest BCUT2D eigenvalue weighted by atomic mass is 10.1. The number of guanidine groups is 1. The van der Waals surface area contributed by atoms with Crippen molar-refractivity contribution >= 4 is 35.8 Å². The highest BCUT2D eigenvalue weighted by Gasteiger charge is 2.22. The van der Waals surface area contributed by atoms with Crippen LogP contribution in [0.5, 0.6) is 5.75 Å². The Balaban J connectivity index is 0.00000261. The van der Waals surface area contributed by atoms with E-state index in [0.717, 1.165) is 56.4 Å². The number of nitrogens with one attached hydrogen (secondary N) is 3. The summed E-state index contributed by atoms with van der Waals surface area (Å²) in [4.78, 5) is 8.52. The molecule has 1 aliphatic rings. The van der Waals surface area contributed by atoms with Crippen LogP contribution in [-0.4, -0.2) is 43.7 Å². The third kappa shape index (κ3) is 6.89. The van der Waals surface area contributed by atoms with Crippen LogP contribution in [0.25, 0.3) is 0 Å². The van der Waals surface area contributed by atoms with Gasteiger partial charge in [0.2, 0.25) is 0 Å². The molecule has 1 aliphatic heterocycles. The van der Waals surface area contributed by atoms with Gasteiger partial charge < -0.3 is 20.7 Å². The number of halogens is 1. The molecule has 3 N–H and O–H groups in total. The Morgan fingerprint density at radius 1 is 1.11 bits per heavy atom. The van der Waals surface area contributed by atoms with Crippen molar-refractivity contribution in [1.29, 1.82) is 0 Å². The van der Waals surface area contributed by atoms with E-state index in [1.807, 2.05) is 30.3 Å². The van der Waals surface area contributed by atoms with Gasteiger partial charge in [0.15, 0.2) is 5.96 Å². The average Bonchev–Trinajstić information content (AvgIpc) is 3.10. The molecule has 7 heteroatoms. The van der Waals surface area contributed by atoms with Crippen LogP contribution in [0.4, 0.5) is 5.82 Å². The van der Waals surface area contributed by atoms with E-state index in [0.29, 0.717) is 0 Å². The summed E-state index contributed by atoms with van der Waals surface area (Å²) < 4.78 is 5.94. The fourth-order valence-corrected chi connectivity index (χ4v) is 2.94. The van der Waals surface area contributed by atoms with Crippen LogP contribution >= 0.6 is 24.0 Å². The van der Waals surface area contributed by atoms with Gasteiger partial charge in [-0.2, -0.15) is 0 Å². The van der Waals surface area contributed by atoms with Crippen LogP contribution in [0.15, 0.2) is 53.7 Å². The zero-order valence-electron chi connectivity index (χ0n) is 15.6. The van der Waals surface area contributed by atoms with Gasteiger partial charge in [-0.05, 0) is 36.6 Å². The summed E-state index contributed by atoms with van der Waals surface area (Å²) in [6.45, 7) is 2.55. The lowest BCUT2D eigenvalue weighted by Gasteiger charge is -2.15. The monoisotopic (exact) mass is 481 g/mol. The molecule has 1 aromatic carbocycles. The summed E-state index contributed by atoms with van der Waals surface area (Å²) in [5.74, 6) is 2.75. The topological polar surface area (TPSA) is 70.6 Å². The fourth-order valence-electron chi connectivity index (χ4n) is 2.94. The standard InChI is InChI=1S/C20H27N5O.HI/c1-21-20(24-13-7-6-12-23-19-10-4-5-11-22-19)25-15-17-14-16-8-2-3-9-18(16)26-17;/h2-5,8-11,17H,6-7,12-15H2,1H3,(H,22,23)(H2,21,24,25);1H. The number of benzene rings is 1. The molecule has 0 saturated heterocycles. The molecule has 27 heavy (non-hydrogen) atoms. The summed E-state index contributed by atoms with van der Waals surface area (Å²) in [6.07, 6.45) is 5.03. The summed E-state index contributed by atoms with van der Waals surface area (Å²) in [5.41, 5.74) is 1.28. The fraction of sp³-hybridized carbons (Fsp3) is 0.400. The first-order valence-corrected chi connectivity index (χ1v) is 9.19. The molecule has 0 fully saturated rings. The van der Waals surface area contributed by atoms with E-state index in [9.17, 15) is 0 Å². The molecule has 1 atom stereocenters. The van der Waals surface area contributed by atoms with Crippen molar-refractivity contribution in [3.8, 4) is 5.75 Å². The number of unbranched alkanes of at least 4 members (excludes halogenated alkanes) is 1. The summed E-state index contributed by atoms with van der Waals surface area (Å²) in [7, 11) is 1.79. The van der Waals surface area contributed by atoms with E-state index < -0.39 is 0 Å². The third-order valence-corrected chi connectivity index (χ3v) is 4.30.